The van der Waals surface area contributed by atoms with Gasteiger partial charge >= 0.3 is 0 Å². The highest BCUT2D eigenvalue weighted by molar-refractivity contribution is 9.10. The predicted molar refractivity (Wildman–Crippen MR) is 116 cm³/mol. The van der Waals surface area contributed by atoms with Crippen LogP contribution in [0.3, 0.4) is 0 Å². The van der Waals surface area contributed by atoms with Gasteiger partial charge in [0.25, 0.3) is 5.91 Å². The molecule has 2 aromatic carbocycles. The van der Waals surface area contributed by atoms with Crippen LogP contribution >= 0.6 is 27.5 Å². The molecule has 0 saturated heterocycles. The lowest BCUT2D eigenvalue weighted by molar-refractivity contribution is -0.119. The van der Waals surface area contributed by atoms with Gasteiger partial charge in [-0.25, -0.2) is 13.8 Å². The number of methoxy groups -OCH3 is 1. The number of aromatic hydroxyl groups is 1. The highest BCUT2D eigenvalue weighted by atomic mass is 79.9. The molecule has 0 radical (unpaired) electrons. The third-order valence-corrected chi connectivity index (χ3v) is 6.01. The molecular formula is C18H19BrClN3O5S. The van der Waals surface area contributed by atoms with Gasteiger partial charge in [-0.15, -0.1) is 0 Å². The van der Waals surface area contributed by atoms with E-state index in [1.165, 1.54) is 19.4 Å². The molecule has 8 nitrogen and oxygen atoms in total. The van der Waals surface area contributed by atoms with Crippen molar-refractivity contribution in [2.24, 2.45) is 5.10 Å². The lowest BCUT2D eigenvalue weighted by atomic mass is 10.2. The summed E-state index contributed by atoms with van der Waals surface area (Å²) in [6.07, 6.45) is 2.34. The van der Waals surface area contributed by atoms with Gasteiger partial charge in [0.2, 0.25) is 10.0 Å². The Morgan fingerprint density at radius 3 is 2.72 bits per heavy atom. The Hall–Kier alpha value is -2.30. The molecule has 0 heterocycles. The fourth-order valence-electron chi connectivity index (χ4n) is 2.42. The molecule has 0 aliphatic heterocycles. The smallest absolute Gasteiger partial charge is 0.260 e. The highest BCUT2D eigenvalue weighted by Crippen LogP contribution is 2.34. The van der Waals surface area contributed by atoms with E-state index in [1.54, 1.807) is 31.2 Å². The molecule has 0 unspecified atom stereocenters. The first-order valence-electron chi connectivity index (χ1n) is 8.15. The van der Waals surface area contributed by atoms with Gasteiger partial charge in [0.15, 0.2) is 11.5 Å². The van der Waals surface area contributed by atoms with Gasteiger partial charge in [-0.2, -0.15) is 5.10 Å². The Labute approximate surface area is 182 Å². The molecule has 0 saturated carbocycles. The third-order valence-electron chi connectivity index (χ3n) is 3.87. The number of amides is 1. The molecule has 0 atom stereocenters. The Kier molecular flexibility index (Phi) is 7.50. The normalized spacial score (nSPS) is 11.5. The van der Waals surface area contributed by atoms with E-state index in [0.29, 0.717) is 26.3 Å². The highest BCUT2D eigenvalue weighted by Gasteiger charge is 2.23. The zero-order valence-corrected chi connectivity index (χ0v) is 19.0. The summed E-state index contributed by atoms with van der Waals surface area (Å²) in [5.41, 5.74) is 3.67. The van der Waals surface area contributed by atoms with Crippen molar-refractivity contribution in [2.75, 3.05) is 24.2 Å². The molecule has 0 aliphatic rings. The summed E-state index contributed by atoms with van der Waals surface area (Å²) in [5, 5.41) is 14.0. The number of phenols is 1. The van der Waals surface area contributed by atoms with Gasteiger partial charge in [-0.1, -0.05) is 17.7 Å². The fourth-order valence-corrected chi connectivity index (χ4v) is 3.95. The monoisotopic (exact) mass is 503 g/mol. The van der Waals surface area contributed by atoms with Crippen molar-refractivity contribution >= 4 is 55.4 Å². The van der Waals surface area contributed by atoms with E-state index in [9.17, 15) is 18.3 Å². The molecule has 2 aromatic rings. The number of nitrogens with one attached hydrogen (secondary N) is 1. The topological polar surface area (TPSA) is 108 Å². The SMILES string of the molecule is COc1cc(C=NNC(=O)CN(c2cccc(Cl)c2C)S(C)(=O)=O)cc(Br)c1O. The number of hydrogen-bond acceptors (Lipinski definition) is 6. The van der Waals surface area contributed by atoms with Crippen LogP contribution in [0.4, 0.5) is 5.69 Å². The minimum absolute atomic E-state index is 0.0608. The number of carbonyl (C=O) groups excluding carboxylic acids is 1. The number of ether oxygens (including phenoxy) is 1. The number of nitrogens with zero attached hydrogens (tertiary/aromatic N) is 2. The lowest BCUT2D eigenvalue weighted by Crippen LogP contribution is -2.39. The van der Waals surface area contributed by atoms with Gasteiger partial charge in [-0.05, 0) is 58.2 Å². The number of phenolic OH excluding ortho intramolecular Hbond substituents is 1. The van der Waals surface area contributed by atoms with Crippen LogP contribution < -0.4 is 14.5 Å². The zero-order valence-electron chi connectivity index (χ0n) is 15.8. The van der Waals surface area contributed by atoms with E-state index in [2.05, 4.69) is 26.5 Å². The first-order valence-corrected chi connectivity index (χ1v) is 11.2. The number of hydrogen-bond donors (Lipinski definition) is 2. The summed E-state index contributed by atoms with van der Waals surface area (Å²) in [5.74, 6) is -0.475. The van der Waals surface area contributed by atoms with Crippen LogP contribution in [0.2, 0.25) is 5.02 Å². The molecule has 156 valence electrons. The van der Waals surface area contributed by atoms with Crippen molar-refractivity contribution < 1.29 is 23.1 Å². The van der Waals surface area contributed by atoms with Crippen molar-refractivity contribution in [3.05, 3.63) is 51.0 Å². The zero-order chi connectivity index (χ0) is 21.8. The van der Waals surface area contributed by atoms with Gasteiger partial charge in [-0.3, -0.25) is 9.10 Å². The number of halogens is 2. The van der Waals surface area contributed by atoms with Crippen molar-refractivity contribution in [3.8, 4) is 11.5 Å². The molecule has 1 amide bonds. The number of carbonyl (C=O) groups is 1. The van der Waals surface area contributed by atoms with Crippen molar-refractivity contribution in [1.29, 1.82) is 0 Å². The van der Waals surface area contributed by atoms with Crippen LogP contribution in [0.25, 0.3) is 0 Å². The fraction of sp³-hybridized carbons (Fsp3) is 0.222. The molecule has 2 rings (SSSR count). The summed E-state index contributed by atoms with van der Waals surface area (Å²) in [7, 11) is -2.33. The summed E-state index contributed by atoms with van der Waals surface area (Å²) >= 11 is 9.26. The number of anilines is 1. The Morgan fingerprint density at radius 2 is 2.10 bits per heavy atom. The predicted octanol–water partition coefficient (Wildman–Crippen LogP) is 3.04. The molecule has 29 heavy (non-hydrogen) atoms. The summed E-state index contributed by atoms with van der Waals surface area (Å²) in [6, 6.07) is 7.91. The van der Waals surface area contributed by atoms with E-state index in [-0.39, 0.29) is 11.5 Å². The Balaban J connectivity index is 2.17. The maximum atomic E-state index is 12.3. The second kappa shape index (κ2) is 9.47. The van der Waals surface area contributed by atoms with Gasteiger partial charge in [0, 0.05) is 5.02 Å². The van der Waals surface area contributed by atoms with E-state index in [1.807, 2.05) is 0 Å². The third kappa shape index (κ3) is 5.84. The second-order valence-corrected chi connectivity index (χ2v) is 9.17. The first-order chi connectivity index (χ1) is 13.5. The average Bonchev–Trinajstić information content (AvgIpc) is 2.64. The second-order valence-electron chi connectivity index (χ2n) is 6.00. The molecule has 0 aromatic heterocycles. The van der Waals surface area contributed by atoms with Gasteiger partial charge in [0.1, 0.15) is 6.54 Å². The van der Waals surface area contributed by atoms with Crippen LogP contribution in [0.1, 0.15) is 11.1 Å². The van der Waals surface area contributed by atoms with E-state index in [4.69, 9.17) is 16.3 Å². The molecule has 2 N–H and O–H groups in total. The lowest BCUT2D eigenvalue weighted by Gasteiger charge is -2.23. The molecule has 11 heteroatoms. The summed E-state index contributed by atoms with van der Waals surface area (Å²) in [4.78, 5) is 12.3. The quantitative estimate of drug-likeness (QED) is 0.445. The van der Waals surface area contributed by atoms with Crippen LogP contribution in [0, 0.1) is 6.92 Å². The molecule has 0 spiro atoms. The Bertz CT molecular complexity index is 1060. The summed E-state index contributed by atoms with van der Waals surface area (Å²) in [6.45, 7) is 1.20. The van der Waals surface area contributed by atoms with Crippen molar-refractivity contribution in [3.63, 3.8) is 0 Å². The first kappa shape index (κ1) is 23.0. The number of benzene rings is 2. The average molecular weight is 505 g/mol. The molecule has 0 fully saturated rings. The number of sulfonamides is 1. The minimum Gasteiger partial charge on any atom is -0.503 e. The minimum atomic E-state index is -3.74. The largest absolute Gasteiger partial charge is 0.503 e. The molecule has 0 bridgehead atoms. The van der Waals surface area contributed by atoms with Crippen LogP contribution in [0.5, 0.6) is 11.5 Å². The van der Waals surface area contributed by atoms with Gasteiger partial charge in [0.05, 0.1) is 29.7 Å². The van der Waals surface area contributed by atoms with E-state index < -0.39 is 22.5 Å². The van der Waals surface area contributed by atoms with Gasteiger partial charge < -0.3 is 9.84 Å². The standard InChI is InChI=1S/C18H19BrClN3O5S/c1-11-14(20)5-4-6-15(11)23(29(3,26)27)10-17(24)22-21-9-12-7-13(19)18(25)16(8-12)28-2/h4-9,25H,10H2,1-3H3,(H,22,24). The maximum Gasteiger partial charge on any atom is 0.260 e. The van der Waals surface area contributed by atoms with Crippen LogP contribution in [-0.4, -0.2) is 45.6 Å². The molecular weight excluding hydrogens is 486 g/mol. The van der Waals surface area contributed by atoms with Crippen molar-refractivity contribution in [2.45, 2.75) is 6.92 Å². The maximum absolute atomic E-state index is 12.3. The van der Waals surface area contributed by atoms with Crippen molar-refractivity contribution in [1.82, 2.24) is 5.43 Å². The number of rotatable bonds is 7. The Morgan fingerprint density at radius 1 is 1.41 bits per heavy atom. The number of hydrazone groups is 1. The van der Waals surface area contributed by atoms with Crippen LogP contribution in [0.15, 0.2) is 39.9 Å². The van der Waals surface area contributed by atoms with E-state index >= 15 is 0 Å². The summed E-state index contributed by atoms with van der Waals surface area (Å²) < 4.78 is 30.8. The molecule has 0 aliphatic carbocycles. The van der Waals surface area contributed by atoms with Crippen LogP contribution in [-0.2, 0) is 14.8 Å². The van der Waals surface area contributed by atoms with E-state index in [0.717, 1.165) is 10.6 Å².